The number of thiazole rings is 1. The van der Waals surface area contributed by atoms with Gasteiger partial charge in [0.25, 0.3) is 0 Å². The lowest BCUT2D eigenvalue weighted by Crippen LogP contribution is -2.41. The second-order valence-electron chi connectivity index (χ2n) is 8.01. The lowest BCUT2D eigenvalue weighted by Gasteiger charge is -2.32. The molecule has 158 valence electrons. The molecule has 0 spiro atoms. The zero-order valence-electron chi connectivity index (χ0n) is 16.5. The molecule has 1 aliphatic heterocycles. The number of carbonyl (C=O) groups is 1. The van der Waals surface area contributed by atoms with E-state index in [-0.39, 0.29) is 21.9 Å². The Kier molecular flexibility index (Phi) is 6.24. The Labute approximate surface area is 179 Å². The van der Waals surface area contributed by atoms with Crippen LogP contribution in [0.1, 0.15) is 45.2 Å². The second kappa shape index (κ2) is 8.22. The number of ether oxygens (including phenoxy) is 1. The molecule has 2 heterocycles. The summed E-state index contributed by atoms with van der Waals surface area (Å²) < 4.78 is 28.4. The minimum atomic E-state index is -3.80. The fourth-order valence-electron chi connectivity index (χ4n) is 3.13. The second-order valence-corrected chi connectivity index (χ2v) is 10.8. The number of piperidine rings is 1. The Morgan fingerprint density at radius 2 is 1.97 bits per heavy atom. The minimum Gasteiger partial charge on any atom is -0.444 e. The molecule has 0 aliphatic carbocycles. The Balaban J connectivity index is 1.68. The van der Waals surface area contributed by atoms with Gasteiger partial charge in [-0.05, 0) is 51.8 Å². The zero-order valence-corrected chi connectivity index (χ0v) is 18.9. The van der Waals surface area contributed by atoms with Crippen LogP contribution < -0.4 is 5.14 Å². The van der Waals surface area contributed by atoms with E-state index in [4.69, 9.17) is 26.5 Å². The Hall–Kier alpha value is -1.68. The maximum Gasteiger partial charge on any atom is 0.410 e. The number of halogens is 1. The van der Waals surface area contributed by atoms with Crippen molar-refractivity contribution in [2.45, 2.75) is 50.0 Å². The van der Waals surface area contributed by atoms with Gasteiger partial charge in [0, 0.05) is 30.0 Å². The molecule has 0 bridgehead atoms. The van der Waals surface area contributed by atoms with Crippen LogP contribution >= 0.6 is 22.9 Å². The Morgan fingerprint density at radius 1 is 1.31 bits per heavy atom. The van der Waals surface area contributed by atoms with Crippen LogP contribution in [0.5, 0.6) is 0 Å². The Morgan fingerprint density at radius 3 is 2.52 bits per heavy atom. The average molecular weight is 458 g/mol. The van der Waals surface area contributed by atoms with Gasteiger partial charge in [-0.3, -0.25) is 0 Å². The molecule has 1 fully saturated rings. The highest BCUT2D eigenvalue weighted by molar-refractivity contribution is 7.89. The number of carbonyl (C=O) groups excluding carboxylic acids is 1. The molecule has 1 aliphatic rings. The highest BCUT2D eigenvalue weighted by atomic mass is 35.5. The maximum atomic E-state index is 12.2. The van der Waals surface area contributed by atoms with Crippen LogP contribution in [-0.4, -0.2) is 43.1 Å². The lowest BCUT2D eigenvalue weighted by atomic mass is 9.94. The minimum absolute atomic E-state index is 0.0301. The van der Waals surface area contributed by atoms with Crippen molar-refractivity contribution in [1.29, 1.82) is 0 Å². The molecule has 1 aromatic carbocycles. The van der Waals surface area contributed by atoms with E-state index in [1.807, 2.05) is 26.2 Å². The Bertz CT molecular complexity index is 1010. The van der Waals surface area contributed by atoms with Crippen molar-refractivity contribution in [3.8, 4) is 10.6 Å². The van der Waals surface area contributed by atoms with Crippen molar-refractivity contribution in [2.75, 3.05) is 13.1 Å². The van der Waals surface area contributed by atoms with Gasteiger partial charge in [-0.15, -0.1) is 11.3 Å². The number of nitrogens with zero attached hydrogens (tertiary/aromatic N) is 2. The molecule has 0 saturated carbocycles. The smallest absolute Gasteiger partial charge is 0.410 e. The number of nitrogens with two attached hydrogens (primary N) is 1. The summed E-state index contributed by atoms with van der Waals surface area (Å²) in [5.74, 6) is 0.251. The molecular formula is C19H24ClN3O4S2. The number of aromatic nitrogens is 1. The van der Waals surface area contributed by atoms with E-state index in [9.17, 15) is 13.2 Å². The van der Waals surface area contributed by atoms with Crippen LogP contribution in [0.4, 0.5) is 4.79 Å². The quantitative estimate of drug-likeness (QED) is 0.742. The van der Waals surface area contributed by atoms with Crippen molar-refractivity contribution < 1.29 is 17.9 Å². The molecule has 29 heavy (non-hydrogen) atoms. The number of likely N-dealkylation sites (tertiary alicyclic amines) is 1. The van der Waals surface area contributed by atoms with E-state index in [0.29, 0.717) is 18.7 Å². The molecule has 1 aromatic heterocycles. The van der Waals surface area contributed by atoms with Crippen molar-refractivity contribution in [1.82, 2.24) is 9.88 Å². The third kappa shape index (κ3) is 5.48. The van der Waals surface area contributed by atoms with E-state index in [1.165, 1.54) is 23.5 Å². The van der Waals surface area contributed by atoms with Gasteiger partial charge in [0.15, 0.2) is 0 Å². The SMILES string of the molecule is CC(C)(C)OC(=O)N1CCC(c2csc(-c3ccc(S(N)(=O)=O)cc3Cl)n2)CC1. The summed E-state index contributed by atoms with van der Waals surface area (Å²) >= 11 is 7.72. The first-order valence-electron chi connectivity index (χ1n) is 9.20. The van der Waals surface area contributed by atoms with Crippen LogP contribution in [0.15, 0.2) is 28.5 Å². The number of hydrogen-bond acceptors (Lipinski definition) is 6. The van der Waals surface area contributed by atoms with E-state index in [0.717, 1.165) is 23.5 Å². The van der Waals surface area contributed by atoms with Gasteiger partial charge >= 0.3 is 6.09 Å². The van der Waals surface area contributed by atoms with Gasteiger partial charge in [0.2, 0.25) is 10.0 Å². The number of amides is 1. The van der Waals surface area contributed by atoms with Crippen molar-refractivity contribution in [3.63, 3.8) is 0 Å². The molecule has 1 amide bonds. The molecule has 10 heteroatoms. The van der Waals surface area contributed by atoms with E-state index >= 15 is 0 Å². The van der Waals surface area contributed by atoms with Gasteiger partial charge in [-0.1, -0.05) is 11.6 Å². The van der Waals surface area contributed by atoms with Gasteiger partial charge in [0.1, 0.15) is 10.6 Å². The predicted octanol–water partition coefficient (Wildman–Crippen LogP) is 4.23. The number of sulfonamides is 1. The number of primary sulfonamides is 1. The van der Waals surface area contributed by atoms with E-state index < -0.39 is 15.6 Å². The van der Waals surface area contributed by atoms with E-state index in [2.05, 4.69) is 0 Å². The summed E-state index contributed by atoms with van der Waals surface area (Å²) in [5.41, 5.74) is 1.12. The third-order valence-electron chi connectivity index (χ3n) is 4.59. The van der Waals surface area contributed by atoms with Crippen molar-refractivity contribution >= 4 is 39.1 Å². The standard InChI is InChI=1S/C19H24ClN3O4S2/c1-19(2,3)27-18(24)23-8-6-12(7-9-23)16-11-28-17(22-16)14-5-4-13(10-15(14)20)29(21,25)26/h4-5,10-12H,6-9H2,1-3H3,(H2,21,25,26). The summed E-state index contributed by atoms with van der Waals surface area (Å²) in [6.45, 7) is 6.81. The summed E-state index contributed by atoms with van der Waals surface area (Å²) in [6, 6.07) is 4.39. The average Bonchev–Trinajstić information content (AvgIpc) is 3.09. The first kappa shape index (κ1) is 22.0. The van der Waals surface area contributed by atoms with Gasteiger partial charge in [0.05, 0.1) is 15.6 Å². The van der Waals surface area contributed by atoms with E-state index in [1.54, 1.807) is 11.0 Å². The normalized spacial score (nSPS) is 16.1. The summed E-state index contributed by atoms with van der Waals surface area (Å²) in [6.07, 6.45) is 1.33. The number of benzene rings is 1. The van der Waals surface area contributed by atoms with Crippen LogP contribution in [0, 0.1) is 0 Å². The largest absolute Gasteiger partial charge is 0.444 e. The molecule has 1 saturated heterocycles. The first-order chi connectivity index (χ1) is 13.4. The molecule has 2 aromatic rings. The molecule has 0 radical (unpaired) electrons. The predicted molar refractivity (Wildman–Crippen MR) is 114 cm³/mol. The lowest BCUT2D eigenvalue weighted by molar-refractivity contribution is 0.0204. The highest BCUT2D eigenvalue weighted by Gasteiger charge is 2.28. The monoisotopic (exact) mass is 457 g/mol. The molecular weight excluding hydrogens is 434 g/mol. The first-order valence-corrected chi connectivity index (χ1v) is 12.0. The zero-order chi connectivity index (χ0) is 21.4. The topological polar surface area (TPSA) is 103 Å². The number of rotatable bonds is 3. The van der Waals surface area contributed by atoms with Crippen molar-refractivity contribution in [2.24, 2.45) is 5.14 Å². The van der Waals surface area contributed by atoms with Crippen LogP contribution in [0.3, 0.4) is 0 Å². The third-order valence-corrected chi connectivity index (χ3v) is 6.70. The van der Waals surface area contributed by atoms with Crippen LogP contribution in [0.2, 0.25) is 5.02 Å². The summed E-state index contributed by atoms with van der Waals surface area (Å²) in [5, 5.41) is 8.15. The van der Waals surface area contributed by atoms with Gasteiger partial charge < -0.3 is 9.64 Å². The number of hydrogen-bond donors (Lipinski definition) is 1. The molecule has 3 rings (SSSR count). The van der Waals surface area contributed by atoms with Crippen LogP contribution in [-0.2, 0) is 14.8 Å². The molecule has 2 N–H and O–H groups in total. The highest BCUT2D eigenvalue weighted by Crippen LogP contribution is 2.36. The van der Waals surface area contributed by atoms with Crippen LogP contribution in [0.25, 0.3) is 10.6 Å². The van der Waals surface area contributed by atoms with Gasteiger partial charge in [-0.2, -0.15) is 0 Å². The van der Waals surface area contributed by atoms with Crippen molar-refractivity contribution in [3.05, 3.63) is 34.3 Å². The fraction of sp³-hybridized carbons (Fsp3) is 0.474. The summed E-state index contributed by atoms with van der Waals surface area (Å²) in [4.78, 5) is 18.6. The molecule has 0 unspecified atom stereocenters. The summed E-state index contributed by atoms with van der Waals surface area (Å²) in [7, 11) is -3.80. The maximum absolute atomic E-state index is 12.2. The molecule has 7 nitrogen and oxygen atoms in total. The molecule has 0 atom stereocenters. The fourth-order valence-corrected chi connectivity index (χ4v) is 5.00. The van der Waals surface area contributed by atoms with Gasteiger partial charge in [-0.25, -0.2) is 23.3 Å².